The number of rotatable bonds is 8. The van der Waals surface area contributed by atoms with Crippen LogP contribution in [0.2, 0.25) is 0 Å². The number of benzene rings is 13. The van der Waals surface area contributed by atoms with Crippen molar-refractivity contribution in [3.05, 3.63) is 279 Å². The summed E-state index contributed by atoms with van der Waals surface area (Å²) in [7, 11) is 0. The van der Waals surface area contributed by atoms with E-state index < -0.39 is 0 Å². The van der Waals surface area contributed by atoms with Gasteiger partial charge in [-0.1, -0.05) is 194 Å². The van der Waals surface area contributed by atoms with Crippen LogP contribution in [-0.2, 0) is 0 Å². The molecule has 0 amide bonds. The van der Waals surface area contributed by atoms with Gasteiger partial charge in [-0.15, -0.1) is 0 Å². The quantitative estimate of drug-likeness (QED) is 0.142. The minimum Gasteiger partial charge on any atom is -0.455 e. The molecule has 0 radical (unpaired) electrons. The Balaban J connectivity index is 0.796. The molecule has 13 aromatic carbocycles. The fourth-order valence-corrected chi connectivity index (χ4v) is 12.2. The molecule has 16 rings (SSSR count). The van der Waals surface area contributed by atoms with Gasteiger partial charge in [0.25, 0.3) is 0 Å². The maximum absolute atomic E-state index is 6.82. The molecule has 0 aliphatic heterocycles. The van der Waals surface area contributed by atoms with E-state index in [4.69, 9.17) is 18.8 Å². The molecule has 80 heavy (non-hydrogen) atoms. The largest absolute Gasteiger partial charge is 0.455 e. The molecule has 4 heteroatoms. The summed E-state index contributed by atoms with van der Waals surface area (Å²) in [6, 6.07) is 95.8. The predicted molar refractivity (Wildman–Crippen MR) is 333 cm³/mol. The number of nitrogens with zero attached hydrogens (tertiary/aromatic N) is 2. The van der Waals surface area contributed by atoms with Crippen molar-refractivity contribution < 1.29 is 8.83 Å². The summed E-state index contributed by atoms with van der Waals surface area (Å²) in [4.78, 5) is 10.1. The monoisotopic (exact) mass is 1020 g/mol. The highest BCUT2D eigenvalue weighted by molar-refractivity contribution is 6.24. The third-order valence-corrected chi connectivity index (χ3v) is 16.1. The van der Waals surface area contributed by atoms with E-state index in [1.54, 1.807) is 12.4 Å². The molecule has 0 saturated carbocycles. The molecule has 0 bridgehead atoms. The highest BCUT2D eigenvalue weighted by atomic mass is 16.3. The lowest BCUT2D eigenvalue weighted by atomic mass is 9.91. The van der Waals surface area contributed by atoms with Crippen LogP contribution in [0.4, 0.5) is 0 Å². The van der Waals surface area contributed by atoms with E-state index in [0.29, 0.717) is 0 Å². The van der Waals surface area contributed by atoms with Gasteiger partial charge in [0.1, 0.15) is 22.3 Å². The molecule has 0 aliphatic rings. The first-order chi connectivity index (χ1) is 39.6. The van der Waals surface area contributed by atoms with E-state index in [2.05, 4.69) is 267 Å². The van der Waals surface area contributed by atoms with Gasteiger partial charge >= 0.3 is 0 Å². The van der Waals surface area contributed by atoms with E-state index in [-0.39, 0.29) is 0 Å². The van der Waals surface area contributed by atoms with Gasteiger partial charge in [-0.3, -0.25) is 9.97 Å². The molecule has 0 fully saturated rings. The van der Waals surface area contributed by atoms with Gasteiger partial charge in [0.15, 0.2) is 0 Å². The molecule has 0 saturated heterocycles. The molecule has 3 heterocycles. The molecule has 0 aliphatic carbocycles. The Kier molecular flexibility index (Phi) is 10.5. The van der Waals surface area contributed by atoms with Crippen molar-refractivity contribution in [3.8, 4) is 89.0 Å². The molecule has 16 aromatic rings. The van der Waals surface area contributed by atoms with Crippen LogP contribution in [0.15, 0.2) is 288 Å². The summed E-state index contributed by atoms with van der Waals surface area (Å²) in [6.07, 6.45) is 3.61. The van der Waals surface area contributed by atoms with Crippen molar-refractivity contribution in [3.63, 3.8) is 0 Å². The average Bonchev–Trinajstić information content (AvgIpc) is 4.29. The standard InChI is InChI=1S/C76H46N2O2/c1-5-15-47(16-6-1)53-29-33-71-65(39-53)69-45-59(49-19-9-3-10-20-49)43-63(75(69)79-71)57-25-13-23-51(37-57)55-27-31-61-62-32-28-56(42-68(62)74-73(67(61)41-55)77-35-36-78-74)52-24-14-26-58(38-52)64-44-60(50-21-11-4-12-22-50)46-70-66-40-54(48-17-7-2-8-18-48)30-34-72(66)80-76(64)70/h1-46H. The molecular formula is C76H46N2O2. The molecule has 372 valence electrons. The van der Waals surface area contributed by atoms with E-state index in [9.17, 15) is 0 Å². The summed E-state index contributed by atoms with van der Waals surface area (Å²) in [5.74, 6) is 0. The van der Waals surface area contributed by atoms with Gasteiger partial charge in [0.2, 0.25) is 0 Å². The smallest absolute Gasteiger partial charge is 0.143 e. The Morgan fingerprint density at radius 3 is 0.925 bits per heavy atom. The highest BCUT2D eigenvalue weighted by Crippen LogP contribution is 2.45. The normalized spacial score (nSPS) is 11.8. The van der Waals surface area contributed by atoms with Crippen molar-refractivity contribution in [2.45, 2.75) is 0 Å². The first-order valence-corrected chi connectivity index (χ1v) is 27.2. The second-order valence-electron chi connectivity index (χ2n) is 20.8. The SMILES string of the molecule is c1ccc(-c2ccc3oc4c(-c5cccc(-c6ccc7c8ccc(-c9cccc(-c%10cc(-c%11ccccc%11)cc%11c%10oc%10ccc(-c%12ccccc%12)cc%10%11)c9)cc8c8nccnc8c7c6)c5)cc(-c5ccccc5)cc4c3c2)cc1. The number of aromatic nitrogens is 2. The minimum absolute atomic E-state index is 0.866. The Bertz CT molecular complexity index is 4760. The number of hydrogen-bond donors (Lipinski definition) is 0. The zero-order valence-electron chi connectivity index (χ0n) is 43.3. The molecule has 0 spiro atoms. The summed E-state index contributed by atoms with van der Waals surface area (Å²) < 4.78 is 13.6. The van der Waals surface area contributed by atoms with Crippen LogP contribution < -0.4 is 0 Å². The molecular weight excluding hydrogens is 973 g/mol. The average molecular weight is 1020 g/mol. The summed E-state index contributed by atoms with van der Waals surface area (Å²) >= 11 is 0. The van der Waals surface area contributed by atoms with Crippen molar-refractivity contribution in [2.24, 2.45) is 0 Å². The fourth-order valence-electron chi connectivity index (χ4n) is 12.2. The van der Waals surface area contributed by atoms with Crippen LogP contribution in [0.25, 0.3) is 165 Å². The fraction of sp³-hybridized carbons (Fsp3) is 0. The summed E-state index contributed by atoms with van der Waals surface area (Å²) in [5.41, 5.74) is 23.1. The van der Waals surface area contributed by atoms with Crippen molar-refractivity contribution in [1.29, 1.82) is 0 Å². The van der Waals surface area contributed by atoms with Crippen LogP contribution in [0.5, 0.6) is 0 Å². The maximum atomic E-state index is 6.82. The van der Waals surface area contributed by atoms with Gasteiger partial charge in [0, 0.05) is 55.8 Å². The minimum atomic E-state index is 0.866. The van der Waals surface area contributed by atoms with E-state index in [1.165, 1.54) is 11.1 Å². The van der Waals surface area contributed by atoms with Gasteiger partial charge < -0.3 is 8.83 Å². The third-order valence-electron chi connectivity index (χ3n) is 16.1. The highest BCUT2D eigenvalue weighted by Gasteiger charge is 2.20. The van der Waals surface area contributed by atoms with Crippen LogP contribution in [0, 0.1) is 0 Å². The van der Waals surface area contributed by atoms with E-state index in [0.717, 1.165) is 154 Å². The van der Waals surface area contributed by atoms with E-state index >= 15 is 0 Å². The van der Waals surface area contributed by atoms with Crippen LogP contribution in [0.1, 0.15) is 0 Å². The second-order valence-corrected chi connectivity index (χ2v) is 20.8. The van der Waals surface area contributed by atoms with Gasteiger partial charge in [-0.2, -0.15) is 0 Å². The lowest BCUT2D eigenvalue weighted by Gasteiger charge is -2.14. The Labute approximate surface area is 461 Å². The Morgan fingerprint density at radius 2 is 0.512 bits per heavy atom. The van der Waals surface area contributed by atoms with Crippen LogP contribution in [-0.4, -0.2) is 9.97 Å². The number of furan rings is 2. The summed E-state index contributed by atoms with van der Waals surface area (Å²) in [6.45, 7) is 0. The molecule has 0 unspecified atom stereocenters. The van der Waals surface area contributed by atoms with Crippen LogP contribution in [0.3, 0.4) is 0 Å². The lowest BCUT2D eigenvalue weighted by molar-refractivity contribution is 0.669. The Hall–Kier alpha value is -10.7. The van der Waals surface area contributed by atoms with Gasteiger partial charge in [0.05, 0.1) is 11.0 Å². The van der Waals surface area contributed by atoms with Crippen molar-refractivity contribution in [2.75, 3.05) is 0 Å². The topological polar surface area (TPSA) is 52.1 Å². The third kappa shape index (κ3) is 7.68. The van der Waals surface area contributed by atoms with E-state index in [1.807, 2.05) is 0 Å². The number of hydrogen-bond acceptors (Lipinski definition) is 4. The first-order valence-electron chi connectivity index (χ1n) is 27.2. The summed E-state index contributed by atoms with van der Waals surface area (Å²) in [5, 5.41) is 8.75. The second kappa shape index (κ2) is 18.5. The van der Waals surface area contributed by atoms with Crippen molar-refractivity contribution in [1.82, 2.24) is 9.97 Å². The first kappa shape index (κ1) is 45.5. The Morgan fingerprint density at radius 1 is 0.200 bits per heavy atom. The maximum Gasteiger partial charge on any atom is 0.143 e. The van der Waals surface area contributed by atoms with Gasteiger partial charge in [-0.05, 0) is 161 Å². The number of fused-ring (bicyclic) bond motifs is 12. The molecule has 0 atom stereocenters. The lowest BCUT2D eigenvalue weighted by Crippen LogP contribution is -1.91. The molecule has 0 N–H and O–H groups in total. The zero-order chi connectivity index (χ0) is 52.7. The van der Waals surface area contributed by atoms with Gasteiger partial charge in [-0.25, -0.2) is 0 Å². The zero-order valence-corrected chi connectivity index (χ0v) is 43.3. The molecule has 3 aromatic heterocycles. The van der Waals surface area contributed by atoms with Crippen molar-refractivity contribution >= 4 is 76.5 Å². The van der Waals surface area contributed by atoms with Crippen LogP contribution >= 0.6 is 0 Å². The molecule has 4 nitrogen and oxygen atoms in total. The predicted octanol–water partition coefficient (Wildman–Crippen LogP) is 21.1.